The number of ether oxygens (including phenoxy) is 4. The molecule has 2 aliphatic heterocycles. The van der Waals surface area contributed by atoms with Crippen molar-refractivity contribution in [2.24, 2.45) is 0 Å². The molecule has 6 unspecified atom stereocenters. The van der Waals surface area contributed by atoms with Crippen molar-refractivity contribution in [2.75, 3.05) is 19.8 Å². The van der Waals surface area contributed by atoms with E-state index in [-0.39, 0.29) is 11.9 Å². The fourth-order valence-electron chi connectivity index (χ4n) is 5.35. The van der Waals surface area contributed by atoms with Gasteiger partial charge in [0.15, 0.2) is 18.9 Å². The third-order valence-electron chi connectivity index (χ3n) is 8.02. The molecule has 256 valence electrons. The molecule has 2 saturated heterocycles. The second-order valence-corrected chi connectivity index (χ2v) is 11.0. The number of carbonyl (C=O) groups excluding carboxylic acids is 1. The predicted molar refractivity (Wildman–Crippen MR) is 139 cm³/mol. The number of rotatable bonds is 13. The molecule has 0 spiro atoms. The van der Waals surface area contributed by atoms with Crippen LogP contribution in [-0.2, 0) is 23.7 Å². The minimum absolute atomic E-state index is 0.0403. The van der Waals surface area contributed by atoms with Crippen LogP contribution in [0.4, 0.5) is 0 Å². The maximum absolute atomic E-state index is 10.9. The summed E-state index contributed by atoms with van der Waals surface area (Å²) in [7, 11) is 0. The van der Waals surface area contributed by atoms with E-state index in [9.17, 15) is 71.2 Å². The zero-order valence-electron chi connectivity index (χ0n) is 23.5. The summed E-state index contributed by atoms with van der Waals surface area (Å²) in [4.78, 5) is 10.9. The van der Waals surface area contributed by atoms with Crippen LogP contribution in [0.25, 0.3) is 0 Å². The summed E-state index contributed by atoms with van der Waals surface area (Å²) in [5.41, 5.74) is -0.0403. The van der Waals surface area contributed by atoms with Gasteiger partial charge in [-0.25, -0.2) is 0 Å². The molecule has 0 aromatic rings. The van der Waals surface area contributed by atoms with Crippen molar-refractivity contribution in [1.82, 2.24) is 5.32 Å². The predicted octanol–water partition coefficient (Wildman–Crippen LogP) is -8.72. The van der Waals surface area contributed by atoms with Crippen molar-refractivity contribution in [2.45, 2.75) is 117 Å². The Hall–Kier alpha value is -1.31. The van der Waals surface area contributed by atoms with Crippen LogP contribution in [-0.4, -0.2) is 203 Å². The van der Waals surface area contributed by atoms with Crippen molar-refractivity contribution >= 4 is 6.29 Å². The fraction of sp³-hybridized carbons (Fsp3) is 0.880. The van der Waals surface area contributed by atoms with E-state index >= 15 is 0 Å². The lowest BCUT2D eigenvalue weighted by Gasteiger charge is -2.46. The number of carbonyl (C=O) groups is 1. The molecular weight excluding hydrogens is 602 g/mol. The van der Waals surface area contributed by atoms with Gasteiger partial charge in [0.05, 0.1) is 38.0 Å². The average molecular weight is 646 g/mol. The van der Waals surface area contributed by atoms with Crippen LogP contribution < -0.4 is 5.32 Å². The van der Waals surface area contributed by atoms with Gasteiger partial charge in [0.1, 0.15) is 79.4 Å². The maximum Gasteiger partial charge on any atom is 0.187 e. The highest BCUT2D eigenvalue weighted by Crippen LogP contribution is 2.31. The summed E-state index contributed by atoms with van der Waals surface area (Å²) >= 11 is 0. The largest absolute Gasteiger partial charge is 0.394 e. The summed E-state index contributed by atoms with van der Waals surface area (Å²) < 4.78 is 21.8. The van der Waals surface area contributed by atoms with Crippen LogP contribution in [0.2, 0.25) is 0 Å². The summed E-state index contributed by atoms with van der Waals surface area (Å²) in [5, 5.41) is 135. The SMILES string of the molecule is C[C@H]1OC(O[C@H](C(O)CO)[C@H](O)[C@@H](O)C=O)C(O)[C@@H](O)[C@@H]1N[C@H]1C=C(CO)[C@@H](O[C@H]2O[C@H](CO)C(O)[C@H](O)C2O)C(O)[C@H]1O. The van der Waals surface area contributed by atoms with E-state index < -0.39 is 130 Å². The molecule has 0 bridgehead atoms. The van der Waals surface area contributed by atoms with Gasteiger partial charge >= 0.3 is 0 Å². The number of aldehydes is 1. The molecule has 0 radical (unpaired) electrons. The third kappa shape index (κ3) is 7.79. The molecule has 19 heteroatoms. The van der Waals surface area contributed by atoms with Crippen LogP contribution >= 0.6 is 0 Å². The molecule has 0 aromatic carbocycles. The van der Waals surface area contributed by atoms with Crippen molar-refractivity contribution in [1.29, 1.82) is 0 Å². The first kappa shape index (κ1) is 37.2. The van der Waals surface area contributed by atoms with Crippen molar-refractivity contribution in [3.8, 4) is 0 Å². The van der Waals surface area contributed by atoms with Crippen LogP contribution in [0, 0.1) is 0 Å². The van der Waals surface area contributed by atoms with E-state index in [4.69, 9.17) is 18.9 Å². The van der Waals surface area contributed by atoms with Gasteiger partial charge in [-0.3, -0.25) is 0 Å². The Labute approximate surface area is 250 Å². The molecule has 18 atom stereocenters. The summed E-state index contributed by atoms with van der Waals surface area (Å²) in [5.74, 6) is 0. The molecule has 1 aliphatic carbocycles. The Morgan fingerprint density at radius 3 is 2.07 bits per heavy atom. The Morgan fingerprint density at radius 2 is 1.50 bits per heavy atom. The first-order chi connectivity index (χ1) is 20.7. The molecule has 0 aromatic heterocycles. The van der Waals surface area contributed by atoms with Crippen molar-refractivity contribution in [3.05, 3.63) is 11.6 Å². The minimum atomic E-state index is -2.05. The van der Waals surface area contributed by atoms with E-state index in [0.717, 1.165) is 0 Å². The Balaban J connectivity index is 1.74. The van der Waals surface area contributed by atoms with Gasteiger partial charge in [-0.05, 0) is 12.5 Å². The van der Waals surface area contributed by atoms with Crippen molar-refractivity contribution in [3.63, 3.8) is 0 Å². The lowest BCUT2D eigenvalue weighted by atomic mass is 9.86. The molecule has 2 fully saturated rings. The van der Waals surface area contributed by atoms with Gasteiger partial charge in [0, 0.05) is 0 Å². The second kappa shape index (κ2) is 16.0. The Kier molecular flexibility index (Phi) is 13.5. The highest BCUT2D eigenvalue weighted by atomic mass is 16.7. The second-order valence-electron chi connectivity index (χ2n) is 11.0. The molecule has 44 heavy (non-hydrogen) atoms. The average Bonchev–Trinajstić information content (AvgIpc) is 3.02. The lowest BCUT2D eigenvalue weighted by molar-refractivity contribution is -0.317. The summed E-state index contributed by atoms with van der Waals surface area (Å²) in [6.45, 7) is -1.06. The van der Waals surface area contributed by atoms with Crippen LogP contribution in [0.3, 0.4) is 0 Å². The van der Waals surface area contributed by atoms with Gasteiger partial charge in [-0.1, -0.05) is 6.08 Å². The van der Waals surface area contributed by atoms with Crippen LogP contribution in [0.1, 0.15) is 6.92 Å². The topological polar surface area (TPSA) is 329 Å². The monoisotopic (exact) mass is 645 g/mol. The Bertz CT molecular complexity index is 943. The first-order valence-corrected chi connectivity index (χ1v) is 13.9. The van der Waals surface area contributed by atoms with E-state index in [2.05, 4.69) is 5.32 Å². The van der Waals surface area contributed by atoms with Crippen molar-refractivity contribution < 1.29 is 90.1 Å². The van der Waals surface area contributed by atoms with Gasteiger partial charge in [0.2, 0.25) is 0 Å². The zero-order chi connectivity index (χ0) is 33.0. The molecule has 3 aliphatic rings. The number of aliphatic hydroxyl groups excluding tert-OH is 13. The summed E-state index contributed by atoms with van der Waals surface area (Å²) in [6, 6.07) is -2.41. The normalized spacial score (nSPS) is 44.4. The third-order valence-corrected chi connectivity index (χ3v) is 8.02. The van der Waals surface area contributed by atoms with Gasteiger partial charge < -0.3 is 95.4 Å². The Morgan fingerprint density at radius 1 is 0.864 bits per heavy atom. The van der Waals surface area contributed by atoms with E-state index in [1.54, 1.807) is 0 Å². The quantitative estimate of drug-likeness (QED) is 0.0653. The van der Waals surface area contributed by atoms with E-state index in [1.807, 2.05) is 0 Å². The standard InChI is InChI=1S/C25H43NO18/c1-7-13(17(36)20(39)24(41-7)44-23(11(32)5-29)15(34)10(31)4-28)26-9-2-8(3-27)22(19(38)14(9)33)43-25-21(40)18(37)16(35)12(6-30)42-25/h2,4,7,9-27,29-40H,3,5-6H2,1H3/t7-,9+,10+,11?,12-,13-,14+,15-,16?,17+,18+,19?,20?,21?,22-,23-,24?,25-/m1/s1. The smallest absolute Gasteiger partial charge is 0.187 e. The number of hydrogen-bond acceptors (Lipinski definition) is 19. The van der Waals surface area contributed by atoms with Gasteiger partial charge in [0.25, 0.3) is 0 Å². The molecule has 2 heterocycles. The maximum atomic E-state index is 10.9. The lowest BCUT2D eigenvalue weighted by Crippen LogP contribution is -2.67. The fourth-order valence-corrected chi connectivity index (χ4v) is 5.35. The van der Waals surface area contributed by atoms with Crippen LogP contribution in [0.5, 0.6) is 0 Å². The number of hydrogen-bond donors (Lipinski definition) is 14. The highest BCUT2D eigenvalue weighted by Gasteiger charge is 2.50. The zero-order valence-corrected chi connectivity index (χ0v) is 23.5. The molecule has 0 amide bonds. The van der Waals surface area contributed by atoms with E-state index in [1.165, 1.54) is 13.0 Å². The molecule has 3 rings (SSSR count). The molecule has 19 nitrogen and oxygen atoms in total. The number of aliphatic hydroxyl groups is 13. The first-order valence-electron chi connectivity index (χ1n) is 13.9. The highest BCUT2D eigenvalue weighted by molar-refractivity contribution is 5.56. The molecule has 14 N–H and O–H groups in total. The molecular formula is C25H43NO18. The van der Waals surface area contributed by atoms with Gasteiger partial charge in [-0.2, -0.15) is 0 Å². The minimum Gasteiger partial charge on any atom is -0.394 e. The van der Waals surface area contributed by atoms with Gasteiger partial charge in [-0.15, -0.1) is 0 Å². The van der Waals surface area contributed by atoms with E-state index in [0.29, 0.717) is 0 Å². The molecule has 0 saturated carbocycles. The summed E-state index contributed by atoms with van der Waals surface area (Å²) in [6.07, 6.45) is -26.3. The van der Waals surface area contributed by atoms with Crippen LogP contribution in [0.15, 0.2) is 11.6 Å². The number of nitrogens with one attached hydrogen (secondary N) is 1.